The van der Waals surface area contributed by atoms with Crippen molar-refractivity contribution in [3.8, 4) is 0 Å². The molecule has 1 amide bonds. The van der Waals surface area contributed by atoms with Crippen LogP contribution >= 0.6 is 0 Å². The first-order valence-electron chi connectivity index (χ1n) is 9.06. The minimum Gasteiger partial charge on any atom is -0.370 e. The summed E-state index contributed by atoms with van der Waals surface area (Å²) in [4.78, 5) is 26.9. The number of carbonyl (C=O) groups is 2. The third-order valence-electron chi connectivity index (χ3n) is 7.33. The first-order valence-corrected chi connectivity index (χ1v) is 9.06. The van der Waals surface area contributed by atoms with Crippen LogP contribution in [0.5, 0.6) is 0 Å². The van der Waals surface area contributed by atoms with Gasteiger partial charge >= 0.3 is 0 Å². The Hall–Kier alpha value is -0.940. The Kier molecular flexibility index (Phi) is 4.30. The third kappa shape index (κ3) is 2.43. The van der Waals surface area contributed by atoms with E-state index in [2.05, 4.69) is 26.1 Å². The van der Waals surface area contributed by atoms with Gasteiger partial charge in [-0.05, 0) is 18.3 Å². The largest absolute Gasteiger partial charge is 0.370 e. The van der Waals surface area contributed by atoms with Gasteiger partial charge in [0.15, 0.2) is 0 Å². The summed E-state index contributed by atoms with van der Waals surface area (Å²) in [5, 5.41) is 3.14. The Balaban J connectivity index is 1.53. The zero-order valence-electron chi connectivity index (χ0n) is 14.8. The second-order valence-electron chi connectivity index (χ2n) is 8.36. The molecule has 5 heteroatoms. The first kappa shape index (κ1) is 16.9. The van der Waals surface area contributed by atoms with Crippen molar-refractivity contribution in [3.05, 3.63) is 0 Å². The molecule has 3 fully saturated rings. The molecule has 2 atom stereocenters. The van der Waals surface area contributed by atoms with Gasteiger partial charge in [0.25, 0.3) is 0 Å². The number of Topliss-reactive ketones (excluding diaryl/α,β-unsaturated/α-hetero) is 1. The van der Waals surface area contributed by atoms with Crippen LogP contribution < -0.4 is 10.2 Å². The molecule has 3 rings (SSSR count). The summed E-state index contributed by atoms with van der Waals surface area (Å²) < 4.78 is 5.36. The van der Waals surface area contributed by atoms with Crippen LogP contribution in [0.2, 0.25) is 0 Å². The number of amides is 1. The summed E-state index contributed by atoms with van der Waals surface area (Å²) in [6.45, 7) is 11.9. The number of quaternary nitrogens is 1. The van der Waals surface area contributed by atoms with Crippen LogP contribution in [-0.4, -0.2) is 51.1 Å². The summed E-state index contributed by atoms with van der Waals surface area (Å²) in [6, 6.07) is 0. The van der Waals surface area contributed by atoms with Crippen molar-refractivity contribution >= 4 is 11.7 Å². The quantitative estimate of drug-likeness (QED) is 0.710. The third-order valence-corrected chi connectivity index (χ3v) is 7.33. The molecule has 1 saturated heterocycles. The molecule has 0 aromatic rings. The molecule has 2 aliphatic carbocycles. The van der Waals surface area contributed by atoms with Gasteiger partial charge in [0.1, 0.15) is 18.9 Å². The number of ketones is 1. The average Bonchev–Trinajstić information content (AvgIpc) is 2.83. The van der Waals surface area contributed by atoms with E-state index in [0.29, 0.717) is 13.0 Å². The Labute approximate surface area is 139 Å². The van der Waals surface area contributed by atoms with Gasteiger partial charge in [-0.3, -0.25) is 9.59 Å². The Morgan fingerprint density at radius 1 is 1.22 bits per heavy atom. The van der Waals surface area contributed by atoms with E-state index >= 15 is 0 Å². The number of hydrogen-bond donors (Lipinski definition) is 2. The standard InChI is InChI=1S/C18H30N2O3/c1-16(2)17(3)5-6-18(16,13-14(17)21)15(22)19-7-4-8-20-9-11-23-12-10-20/h4-13H2,1-3H3,(H,19,22)/p+1/t17-,18+/m0/s1. The summed E-state index contributed by atoms with van der Waals surface area (Å²) in [5.41, 5.74) is -1.04. The van der Waals surface area contributed by atoms with Gasteiger partial charge in [-0.25, -0.2) is 0 Å². The number of fused-ring (bicyclic) bond motifs is 2. The van der Waals surface area contributed by atoms with Crippen molar-refractivity contribution in [1.82, 2.24) is 5.32 Å². The van der Waals surface area contributed by atoms with E-state index in [1.165, 1.54) is 0 Å². The van der Waals surface area contributed by atoms with Crippen molar-refractivity contribution in [1.29, 1.82) is 0 Å². The van der Waals surface area contributed by atoms with E-state index in [9.17, 15) is 9.59 Å². The first-order chi connectivity index (χ1) is 10.8. The lowest BCUT2D eigenvalue weighted by molar-refractivity contribution is -0.908. The molecular formula is C18H31N2O3+. The maximum Gasteiger partial charge on any atom is 0.227 e. The van der Waals surface area contributed by atoms with Gasteiger partial charge in [-0.2, -0.15) is 0 Å². The molecular weight excluding hydrogens is 292 g/mol. The molecule has 0 aromatic carbocycles. The van der Waals surface area contributed by atoms with E-state index in [0.717, 1.165) is 52.1 Å². The van der Waals surface area contributed by atoms with Crippen molar-refractivity contribution < 1.29 is 19.2 Å². The molecule has 3 aliphatic rings. The molecule has 1 aliphatic heterocycles. The number of rotatable bonds is 5. The molecule has 0 unspecified atom stereocenters. The highest BCUT2D eigenvalue weighted by Gasteiger charge is 2.72. The fraction of sp³-hybridized carbons (Fsp3) is 0.889. The zero-order chi connectivity index (χ0) is 16.7. The lowest BCUT2D eigenvalue weighted by atomic mass is 9.64. The predicted molar refractivity (Wildman–Crippen MR) is 87.2 cm³/mol. The van der Waals surface area contributed by atoms with Crippen LogP contribution in [0.15, 0.2) is 0 Å². The van der Waals surface area contributed by atoms with Crippen molar-refractivity contribution in [2.24, 2.45) is 16.2 Å². The highest BCUT2D eigenvalue weighted by atomic mass is 16.5. The van der Waals surface area contributed by atoms with Gasteiger partial charge in [0.2, 0.25) is 5.91 Å². The fourth-order valence-corrected chi connectivity index (χ4v) is 4.98. The van der Waals surface area contributed by atoms with Gasteiger partial charge in [-0.15, -0.1) is 0 Å². The van der Waals surface area contributed by atoms with Crippen molar-refractivity contribution in [2.45, 2.75) is 46.5 Å². The average molecular weight is 323 g/mol. The molecule has 23 heavy (non-hydrogen) atoms. The van der Waals surface area contributed by atoms with Gasteiger partial charge in [-0.1, -0.05) is 20.8 Å². The lowest BCUT2D eigenvalue weighted by Crippen LogP contribution is -3.14. The summed E-state index contributed by atoms with van der Waals surface area (Å²) in [7, 11) is 0. The van der Waals surface area contributed by atoms with Crippen LogP contribution in [-0.2, 0) is 14.3 Å². The van der Waals surface area contributed by atoms with E-state index < -0.39 is 5.41 Å². The van der Waals surface area contributed by atoms with E-state index in [1.54, 1.807) is 4.90 Å². The Morgan fingerprint density at radius 2 is 1.91 bits per heavy atom. The lowest BCUT2D eigenvalue weighted by Gasteiger charge is -2.38. The fourth-order valence-electron chi connectivity index (χ4n) is 4.98. The Bertz CT molecular complexity index is 498. The topological polar surface area (TPSA) is 59.8 Å². The van der Waals surface area contributed by atoms with Gasteiger partial charge in [0.05, 0.1) is 25.2 Å². The van der Waals surface area contributed by atoms with Crippen LogP contribution in [0, 0.1) is 16.2 Å². The van der Waals surface area contributed by atoms with Crippen LogP contribution in [0.25, 0.3) is 0 Å². The highest BCUT2D eigenvalue weighted by Crippen LogP contribution is 2.70. The van der Waals surface area contributed by atoms with Crippen molar-refractivity contribution in [3.63, 3.8) is 0 Å². The van der Waals surface area contributed by atoms with E-state index in [-0.39, 0.29) is 22.5 Å². The smallest absolute Gasteiger partial charge is 0.227 e. The molecule has 1 heterocycles. The Morgan fingerprint density at radius 3 is 2.48 bits per heavy atom. The molecule has 2 N–H and O–H groups in total. The number of morpholine rings is 1. The van der Waals surface area contributed by atoms with E-state index in [1.807, 2.05) is 0 Å². The number of hydrogen-bond acceptors (Lipinski definition) is 3. The molecule has 5 nitrogen and oxygen atoms in total. The number of ether oxygens (including phenoxy) is 1. The van der Waals surface area contributed by atoms with Gasteiger partial charge < -0.3 is 15.0 Å². The maximum atomic E-state index is 12.9. The highest BCUT2D eigenvalue weighted by molar-refractivity contribution is 5.99. The summed E-state index contributed by atoms with van der Waals surface area (Å²) in [6.07, 6.45) is 3.12. The predicted octanol–water partition coefficient (Wildman–Crippen LogP) is 0.193. The molecule has 0 radical (unpaired) electrons. The minimum absolute atomic E-state index is 0.106. The molecule has 2 bridgehead atoms. The summed E-state index contributed by atoms with van der Waals surface area (Å²) >= 11 is 0. The van der Waals surface area contributed by atoms with E-state index in [4.69, 9.17) is 4.74 Å². The number of carbonyl (C=O) groups excluding carboxylic acids is 2. The zero-order valence-corrected chi connectivity index (χ0v) is 14.8. The van der Waals surface area contributed by atoms with Crippen molar-refractivity contribution in [2.75, 3.05) is 39.4 Å². The molecule has 0 spiro atoms. The summed E-state index contributed by atoms with van der Waals surface area (Å²) in [5.74, 6) is 0.385. The second-order valence-corrected chi connectivity index (χ2v) is 8.36. The normalized spacial score (nSPS) is 36.4. The monoisotopic (exact) mass is 323 g/mol. The minimum atomic E-state index is -0.481. The van der Waals surface area contributed by atoms with Crippen LogP contribution in [0.1, 0.15) is 46.5 Å². The van der Waals surface area contributed by atoms with Crippen LogP contribution in [0.3, 0.4) is 0 Å². The van der Waals surface area contributed by atoms with Gasteiger partial charge in [0, 0.05) is 24.8 Å². The molecule has 130 valence electrons. The number of nitrogens with one attached hydrogen (secondary N) is 2. The second kappa shape index (κ2) is 5.85. The maximum absolute atomic E-state index is 12.9. The molecule has 0 aromatic heterocycles. The van der Waals surface area contributed by atoms with Crippen LogP contribution in [0.4, 0.5) is 0 Å². The SMILES string of the molecule is CC1(C)[C@]2(C(=O)NCCC[NH+]3CCOCC3)CC[C@@]1(C)C(=O)C2. The molecule has 2 saturated carbocycles.